The molecule has 0 aliphatic rings. The van der Waals surface area contributed by atoms with Crippen molar-refractivity contribution in [3.05, 3.63) is 12.8 Å². The molecule has 0 fully saturated rings. The van der Waals surface area contributed by atoms with Crippen LogP contribution in [0.3, 0.4) is 0 Å². The summed E-state index contributed by atoms with van der Waals surface area (Å²) in [5.41, 5.74) is 0. The fourth-order valence-electron chi connectivity index (χ4n) is 0.0598. The van der Waals surface area contributed by atoms with Gasteiger partial charge in [0.2, 0.25) is 0 Å². The van der Waals surface area contributed by atoms with Crippen molar-refractivity contribution in [1.82, 2.24) is 0 Å². The van der Waals surface area contributed by atoms with Crippen molar-refractivity contribution >= 4 is 16.5 Å². The second kappa shape index (κ2) is 23.4. The van der Waals surface area contributed by atoms with Crippen LogP contribution in [0.15, 0.2) is 12.8 Å². The molecule has 0 aromatic heterocycles. The van der Waals surface area contributed by atoms with Crippen LogP contribution in [-0.2, 0) is 13.4 Å². The van der Waals surface area contributed by atoms with Gasteiger partial charge < -0.3 is 10.2 Å². The molecular formula is C4H11NaO7P2+2. The Hall–Kier alpha value is 0.580. The van der Waals surface area contributed by atoms with E-state index in [4.69, 9.17) is 20.0 Å². The fraction of sp³-hybridized carbons (Fsp3) is 0.500. The molecule has 0 radical (unpaired) electrons. The minimum absolute atomic E-state index is 0. The van der Waals surface area contributed by atoms with Crippen LogP contribution in [0.4, 0.5) is 0 Å². The van der Waals surface area contributed by atoms with Gasteiger partial charge in [0.05, 0.1) is 6.26 Å². The van der Waals surface area contributed by atoms with Crippen molar-refractivity contribution in [1.29, 1.82) is 0 Å². The summed E-state index contributed by atoms with van der Waals surface area (Å²) in [7, 11) is -5.85. The third-order valence-corrected chi connectivity index (χ3v) is 1.26. The van der Waals surface area contributed by atoms with E-state index >= 15 is 0 Å². The second-order valence-corrected chi connectivity index (χ2v) is 2.63. The van der Waals surface area contributed by atoms with E-state index in [1.54, 1.807) is 6.92 Å². The Morgan fingerprint density at radius 1 is 1.43 bits per heavy atom. The van der Waals surface area contributed by atoms with Crippen LogP contribution in [0.2, 0.25) is 0 Å². The molecule has 0 heterocycles. The normalized spacial score (nSPS) is 8.86. The minimum Gasteiger partial charge on any atom is -0.855 e. The summed E-state index contributed by atoms with van der Waals surface area (Å²) in [6.07, 6.45) is 0.750. The van der Waals surface area contributed by atoms with Gasteiger partial charge in [0.15, 0.2) is 4.31 Å². The topological polar surface area (TPSA) is 127 Å². The van der Waals surface area contributed by atoms with E-state index in [9.17, 15) is 9.13 Å². The van der Waals surface area contributed by atoms with Gasteiger partial charge in [-0.25, -0.2) is 0 Å². The van der Waals surface area contributed by atoms with Crippen molar-refractivity contribution in [2.24, 2.45) is 0 Å². The summed E-state index contributed by atoms with van der Waals surface area (Å²) in [5.74, 6) is 0. The second-order valence-electron chi connectivity index (χ2n) is 1.03. The average molecular weight is 256 g/mol. The van der Waals surface area contributed by atoms with Crippen LogP contribution in [-0.4, -0.2) is 21.5 Å². The van der Waals surface area contributed by atoms with Crippen LogP contribution < -0.4 is 34.7 Å². The smallest absolute Gasteiger partial charge is 0.855 e. The Labute approximate surface area is 106 Å². The fourth-order valence-corrected chi connectivity index (χ4v) is 0.538. The Morgan fingerprint density at radius 3 is 1.57 bits per heavy atom. The van der Waals surface area contributed by atoms with Crippen LogP contribution in [0, 0.1) is 0 Å². The molecule has 0 aliphatic carbocycles. The SMILES string of the molecule is C=CO.CC[O-].O=[P+](O)O[P+](=O)O.[Na+]. The molecule has 0 aromatic carbocycles. The average Bonchev–Trinajstić information content (AvgIpc) is 1.86. The molecule has 2 atom stereocenters. The van der Waals surface area contributed by atoms with Crippen LogP contribution in [0.5, 0.6) is 0 Å². The standard InChI is InChI=1S/C2H5O.C2H4O.Na.O5P2/c2*1-2-3;;1-6(2)5-7(3)4/h2H2,1H3;2-3H,1H2;;/q-1;;+1;/p+2. The van der Waals surface area contributed by atoms with Gasteiger partial charge in [0, 0.05) is 9.13 Å². The van der Waals surface area contributed by atoms with E-state index < -0.39 is 16.5 Å². The van der Waals surface area contributed by atoms with Gasteiger partial charge in [0.1, 0.15) is 0 Å². The van der Waals surface area contributed by atoms with Crippen molar-refractivity contribution in [2.45, 2.75) is 6.92 Å². The summed E-state index contributed by atoms with van der Waals surface area (Å²) in [5, 5.41) is 16.3. The van der Waals surface area contributed by atoms with Crippen LogP contribution in [0.25, 0.3) is 0 Å². The molecule has 10 heteroatoms. The Kier molecular flexibility index (Phi) is 40.2. The summed E-state index contributed by atoms with van der Waals surface area (Å²) < 4.78 is 22.2. The molecule has 0 saturated carbocycles. The number of hydrogen-bond acceptors (Lipinski definition) is 5. The summed E-state index contributed by atoms with van der Waals surface area (Å²) in [4.78, 5) is 15.3. The Morgan fingerprint density at radius 2 is 1.57 bits per heavy atom. The van der Waals surface area contributed by atoms with E-state index in [0.717, 1.165) is 6.26 Å². The number of hydrogen-bond donors (Lipinski definition) is 3. The number of rotatable bonds is 2. The van der Waals surface area contributed by atoms with Gasteiger partial charge in [-0.3, -0.25) is 0 Å². The molecule has 0 saturated heterocycles. The number of aliphatic hydroxyl groups excluding tert-OH is 1. The zero-order chi connectivity index (χ0) is 11.3. The van der Waals surface area contributed by atoms with Crippen molar-refractivity contribution < 1.29 is 63.0 Å². The first kappa shape index (κ1) is 24.0. The van der Waals surface area contributed by atoms with Crippen molar-refractivity contribution in [2.75, 3.05) is 6.61 Å². The van der Waals surface area contributed by atoms with Gasteiger partial charge in [-0.05, 0) is 0 Å². The molecule has 78 valence electrons. The molecule has 0 aliphatic heterocycles. The predicted molar refractivity (Wildman–Crippen MR) is 44.1 cm³/mol. The molecule has 3 N–H and O–H groups in total. The minimum atomic E-state index is -2.92. The van der Waals surface area contributed by atoms with Gasteiger partial charge in [0.25, 0.3) is 0 Å². The first-order valence-corrected chi connectivity index (χ1v) is 5.05. The van der Waals surface area contributed by atoms with Gasteiger partial charge in [-0.1, -0.05) is 13.5 Å². The maximum absolute atomic E-state index is 9.39. The monoisotopic (exact) mass is 256 g/mol. The third-order valence-electron chi connectivity index (χ3n) is 0.140. The van der Waals surface area contributed by atoms with Crippen LogP contribution in [0.1, 0.15) is 6.92 Å². The van der Waals surface area contributed by atoms with Gasteiger partial charge in [-0.2, -0.15) is 0 Å². The summed E-state index contributed by atoms with van der Waals surface area (Å²) >= 11 is 0. The molecule has 0 amide bonds. The summed E-state index contributed by atoms with van der Waals surface area (Å²) in [6, 6.07) is 0. The first-order valence-electron chi connectivity index (χ1n) is 2.79. The Balaban J connectivity index is -0.0000000610. The molecule has 0 aromatic rings. The molecule has 7 nitrogen and oxygen atoms in total. The van der Waals surface area contributed by atoms with Crippen LogP contribution >= 0.6 is 16.5 Å². The van der Waals surface area contributed by atoms with Gasteiger partial charge in [-0.15, -0.1) is 16.4 Å². The third kappa shape index (κ3) is 80.4. The quantitative estimate of drug-likeness (QED) is 0.280. The maximum Gasteiger partial charge on any atom is 1.00 e. The maximum atomic E-state index is 9.39. The molecule has 2 unspecified atom stereocenters. The van der Waals surface area contributed by atoms with E-state index in [2.05, 4.69) is 10.9 Å². The van der Waals surface area contributed by atoms with Crippen molar-refractivity contribution in [3.8, 4) is 0 Å². The number of aliphatic hydroxyl groups is 1. The van der Waals surface area contributed by atoms with Gasteiger partial charge >= 0.3 is 46.1 Å². The summed E-state index contributed by atoms with van der Waals surface area (Å²) in [6.45, 7) is 4.49. The van der Waals surface area contributed by atoms with E-state index in [1.807, 2.05) is 0 Å². The molecule has 0 spiro atoms. The van der Waals surface area contributed by atoms with Crippen molar-refractivity contribution in [3.63, 3.8) is 0 Å². The van der Waals surface area contributed by atoms with E-state index in [-0.39, 0.29) is 36.2 Å². The molecule has 14 heavy (non-hydrogen) atoms. The zero-order valence-electron chi connectivity index (χ0n) is 7.86. The largest absolute Gasteiger partial charge is 1.00 e. The predicted octanol–water partition coefficient (Wildman–Crippen LogP) is -2.64. The Bertz CT molecular complexity index is 141. The molecular weight excluding hydrogens is 245 g/mol. The first-order chi connectivity index (χ1) is 5.95. The zero-order valence-corrected chi connectivity index (χ0v) is 11.6. The van der Waals surface area contributed by atoms with E-state index in [1.165, 1.54) is 0 Å². The molecule has 0 bridgehead atoms. The van der Waals surface area contributed by atoms with E-state index in [0.29, 0.717) is 0 Å². The molecule has 0 rings (SSSR count).